The molecule has 1 spiro atoms. The fourth-order valence-corrected chi connectivity index (χ4v) is 5.00. The third-order valence-electron chi connectivity index (χ3n) is 4.79. The summed E-state index contributed by atoms with van der Waals surface area (Å²) in [6.45, 7) is 2.81. The third kappa shape index (κ3) is 3.00. The molecule has 1 aromatic carbocycles. The van der Waals surface area contributed by atoms with Gasteiger partial charge in [-0.25, -0.2) is 0 Å². The average Bonchev–Trinajstić information content (AvgIpc) is 3.05. The quantitative estimate of drug-likeness (QED) is 0.842. The number of benzene rings is 1. The van der Waals surface area contributed by atoms with Crippen LogP contribution in [0.2, 0.25) is 0 Å². The highest BCUT2D eigenvalue weighted by Crippen LogP contribution is 2.35. The largest absolute Gasteiger partial charge is 0.593 e. The van der Waals surface area contributed by atoms with Crippen LogP contribution in [0.5, 0.6) is 5.75 Å². The highest BCUT2D eigenvalue weighted by molar-refractivity contribution is 7.96. The van der Waals surface area contributed by atoms with Gasteiger partial charge in [0.15, 0.2) is 16.1 Å². The molecule has 1 atom stereocenters. The Bertz CT molecular complexity index is 754. The second-order valence-corrected chi connectivity index (χ2v) is 8.18. The number of piperidine rings is 1. The number of likely N-dealkylation sites (tertiary alicyclic amines) is 1. The first kappa shape index (κ1) is 15.8. The Morgan fingerprint density at radius 2 is 2.04 bits per heavy atom. The number of hydrogen-bond acceptors (Lipinski definition) is 5. The molecule has 6 nitrogen and oxygen atoms in total. The van der Waals surface area contributed by atoms with E-state index in [-0.39, 0.29) is 4.90 Å². The van der Waals surface area contributed by atoms with Gasteiger partial charge in [0.05, 0.1) is 18.1 Å². The Morgan fingerprint density at radius 1 is 1.25 bits per heavy atom. The Labute approximate surface area is 142 Å². The van der Waals surface area contributed by atoms with Gasteiger partial charge in [0.25, 0.3) is 0 Å². The normalized spacial score (nSPS) is 26.5. The summed E-state index contributed by atoms with van der Waals surface area (Å²) >= 11 is 0. The maximum Gasteiger partial charge on any atom is 0.216 e. The van der Waals surface area contributed by atoms with E-state index in [2.05, 4.69) is 9.62 Å². The molecule has 128 valence electrons. The van der Waals surface area contributed by atoms with Gasteiger partial charge in [-0.1, -0.05) is 16.3 Å². The van der Waals surface area contributed by atoms with Crippen molar-refractivity contribution in [3.63, 3.8) is 0 Å². The number of sulfonamides is 1. The summed E-state index contributed by atoms with van der Waals surface area (Å²) < 4.78 is 39.2. The lowest BCUT2D eigenvalue weighted by Gasteiger charge is -2.40. The number of furan rings is 1. The second-order valence-electron chi connectivity index (χ2n) is 6.53. The van der Waals surface area contributed by atoms with Gasteiger partial charge in [-0.05, 0) is 31.0 Å². The highest BCUT2D eigenvalue weighted by atomic mass is 32.3. The van der Waals surface area contributed by atoms with Crippen LogP contribution < -0.4 is 9.46 Å². The molecule has 0 amide bonds. The van der Waals surface area contributed by atoms with Crippen LogP contribution in [0.1, 0.15) is 18.4 Å². The van der Waals surface area contributed by atoms with E-state index < -0.39 is 15.9 Å². The lowest BCUT2D eigenvalue weighted by molar-refractivity contribution is 0.102. The monoisotopic (exact) mass is 348 g/mol. The van der Waals surface area contributed by atoms with Crippen LogP contribution in [-0.2, 0) is 21.2 Å². The van der Waals surface area contributed by atoms with Gasteiger partial charge in [0.1, 0.15) is 6.61 Å². The zero-order chi connectivity index (χ0) is 16.6. The van der Waals surface area contributed by atoms with Crippen LogP contribution in [0.3, 0.4) is 0 Å². The van der Waals surface area contributed by atoms with Gasteiger partial charge in [0.2, 0.25) is 4.90 Å². The van der Waals surface area contributed by atoms with E-state index in [4.69, 9.17) is 9.15 Å². The standard InChI is InChI=1S/C17H20N2O4S/c20-24(21)16-4-2-1-3-15(16)23-13-17(18-24)6-8-19(9-7-17)11-14-5-10-22-12-14/h1-5,10,12H,6-9,11,13H2,(H-,18,20,21). The fourth-order valence-electron chi connectivity index (χ4n) is 3.40. The lowest BCUT2D eigenvalue weighted by atomic mass is 9.89. The number of nitrogens with zero attached hydrogens (tertiary/aromatic N) is 1. The number of fused-ring (bicyclic) bond motifs is 1. The van der Waals surface area contributed by atoms with Crippen molar-refractivity contribution >= 4 is 10.4 Å². The first-order valence-electron chi connectivity index (χ1n) is 8.06. The number of para-hydroxylation sites is 1. The minimum absolute atomic E-state index is 0.225. The summed E-state index contributed by atoms with van der Waals surface area (Å²) in [5.41, 5.74) is 0.598. The Morgan fingerprint density at radius 3 is 2.79 bits per heavy atom. The molecule has 1 fully saturated rings. The van der Waals surface area contributed by atoms with E-state index in [1.54, 1.807) is 36.8 Å². The van der Waals surface area contributed by atoms with Crippen LogP contribution in [-0.4, -0.2) is 34.7 Å². The Hall–Kier alpha value is -1.67. The molecule has 4 rings (SSSR count). The molecule has 1 unspecified atom stereocenters. The predicted octanol–water partition coefficient (Wildman–Crippen LogP) is 2.20. The van der Waals surface area contributed by atoms with Crippen molar-refractivity contribution in [2.45, 2.75) is 29.8 Å². The van der Waals surface area contributed by atoms with Crippen LogP contribution in [0.15, 0.2) is 52.2 Å². The topological polar surface area (TPSA) is 77.8 Å². The van der Waals surface area contributed by atoms with Crippen molar-refractivity contribution in [3.05, 3.63) is 48.4 Å². The van der Waals surface area contributed by atoms with Crippen molar-refractivity contribution in [3.8, 4) is 5.75 Å². The summed E-state index contributed by atoms with van der Waals surface area (Å²) in [5.74, 6) is 0.433. The summed E-state index contributed by atoms with van der Waals surface area (Å²) in [7, 11) is -3.56. The number of hydrogen-bond donors (Lipinski definition) is 1. The molecule has 24 heavy (non-hydrogen) atoms. The number of ether oxygens (including phenoxy) is 1. The van der Waals surface area contributed by atoms with Crippen molar-refractivity contribution in [2.75, 3.05) is 19.7 Å². The van der Waals surface area contributed by atoms with Crippen LogP contribution in [0, 0.1) is 0 Å². The molecule has 2 aliphatic heterocycles. The Balaban J connectivity index is 1.49. The molecule has 2 aromatic rings. The summed E-state index contributed by atoms with van der Waals surface area (Å²) in [6, 6.07) is 8.76. The smallest absolute Gasteiger partial charge is 0.216 e. The molecule has 0 saturated carbocycles. The van der Waals surface area contributed by atoms with Gasteiger partial charge in [-0.2, -0.15) is 0 Å². The zero-order valence-corrected chi connectivity index (χ0v) is 14.1. The molecule has 3 heterocycles. The maximum atomic E-state index is 12.7. The van der Waals surface area contributed by atoms with Crippen LogP contribution in [0.4, 0.5) is 0 Å². The molecular weight excluding hydrogens is 328 g/mol. The molecule has 2 aliphatic rings. The average molecular weight is 348 g/mol. The minimum Gasteiger partial charge on any atom is -0.593 e. The summed E-state index contributed by atoms with van der Waals surface area (Å²) in [5, 5.41) is 0. The van der Waals surface area contributed by atoms with E-state index >= 15 is 0 Å². The second kappa shape index (κ2) is 6.00. The maximum absolute atomic E-state index is 12.7. The van der Waals surface area contributed by atoms with Crippen LogP contribution >= 0.6 is 0 Å². The summed E-state index contributed by atoms with van der Waals surface area (Å²) in [6.07, 6.45) is 4.86. The molecule has 1 saturated heterocycles. The zero-order valence-electron chi connectivity index (χ0n) is 13.3. The van der Waals surface area contributed by atoms with Crippen molar-refractivity contribution < 1.29 is 17.9 Å². The Kier molecular flexibility index (Phi) is 3.96. The van der Waals surface area contributed by atoms with Crippen LogP contribution in [0.25, 0.3) is 0 Å². The lowest BCUT2D eigenvalue weighted by Crippen LogP contribution is -2.58. The van der Waals surface area contributed by atoms with Gasteiger partial charge >= 0.3 is 0 Å². The van der Waals surface area contributed by atoms with Crippen molar-refractivity contribution in [1.29, 1.82) is 0 Å². The molecule has 1 aromatic heterocycles. The number of nitrogens with one attached hydrogen (secondary N) is 1. The van der Waals surface area contributed by atoms with E-state index in [0.29, 0.717) is 12.4 Å². The SMILES string of the molecule is O=[S+]1([O-])NC2(CCN(Cc3ccoc3)CC2)COc2ccccc21. The molecule has 7 heteroatoms. The van der Waals surface area contributed by atoms with E-state index in [1.165, 1.54) is 0 Å². The predicted molar refractivity (Wildman–Crippen MR) is 88.1 cm³/mol. The van der Waals surface area contributed by atoms with Gasteiger partial charge < -0.3 is 13.7 Å². The minimum atomic E-state index is -3.56. The molecule has 1 N–H and O–H groups in total. The van der Waals surface area contributed by atoms with E-state index in [1.807, 2.05) is 6.07 Å². The third-order valence-corrected chi connectivity index (χ3v) is 6.41. The molecule has 0 bridgehead atoms. The molecule has 0 aliphatic carbocycles. The molecule has 0 radical (unpaired) electrons. The van der Waals surface area contributed by atoms with Gasteiger partial charge in [-0.15, -0.1) is 4.72 Å². The molecular formula is C17H20N2O4S. The first-order valence-corrected chi connectivity index (χ1v) is 9.54. The van der Waals surface area contributed by atoms with E-state index in [9.17, 15) is 8.76 Å². The summed E-state index contributed by atoms with van der Waals surface area (Å²) in [4.78, 5) is 2.53. The van der Waals surface area contributed by atoms with Gasteiger partial charge in [-0.3, -0.25) is 4.90 Å². The number of rotatable bonds is 2. The van der Waals surface area contributed by atoms with Gasteiger partial charge in [0, 0.05) is 25.2 Å². The first-order chi connectivity index (χ1) is 11.6. The van der Waals surface area contributed by atoms with Crippen molar-refractivity contribution in [1.82, 2.24) is 9.62 Å². The van der Waals surface area contributed by atoms with E-state index in [0.717, 1.165) is 38.0 Å². The van der Waals surface area contributed by atoms with Crippen molar-refractivity contribution in [2.24, 2.45) is 0 Å². The fraction of sp³-hybridized carbons (Fsp3) is 0.412. The highest BCUT2D eigenvalue weighted by Gasteiger charge is 2.45.